The maximum Gasteiger partial charge on any atom is 0.295 e. The van der Waals surface area contributed by atoms with Crippen molar-refractivity contribution < 1.29 is 19.4 Å². The number of ketones is 1. The molecule has 1 amide bonds. The second kappa shape index (κ2) is 8.98. The topological polar surface area (TPSA) is 66.8 Å². The third kappa shape index (κ3) is 3.90. The zero-order chi connectivity index (χ0) is 23.0. The first-order valence-electron chi connectivity index (χ1n) is 9.73. The Morgan fingerprint density at radius 1 is 1.12 bits per heavy atom. The van der Waals surface area contributed by atoms with E-state index in [-0.39, 0.29) is 39.2 Å². The molecule has 0 saturated carbocycles. The van der Waals surface area contributed by atoms with Crippen LogP contribution < -0.4 is 4.74 Å². The minimum atomic E-state index is -0.754. The number of hydrogen-bond acceptors (Lipinski definition) is 5. The zero-order valence-corrected chi connectivity index (χ0v) is 19.6. The van der Waals surface area contributed by atoms with Crippen molar-refractivity contribution >= 4 is 52.0 Å². The number of aliphatic hydroxyl groups excluding tert-OH is 1. The van der Waals surface area contributed by atoms with Gasteiger partial charge in [-0.1, -0.05) is 53.5 Å². The van der Waals surface area contributed by atoms with Crippen LogP contribution in [0.2, 0.25) is 10.0 Å². The third-order valence-corrected chi connectivity index (χ3v) is 6.83. The van der Waals surface area contributed by atoms with Gasteiger partial charge < -0.3 is 14.7 Å². The average Bonchev–Trinajstić information content (AvgIpc) is 3.36. The summed E-state index contributed by atoms with van der Waals surface area (Å²) in [4.78, 5) is 28.6. The van der Waals surface area contributed by atoms with Crippen LogP contribution in [0.3, 0.4) is 0 Å². The molecule has 1 saturated heterocycles. The van der Waals surface area contributed by atoms with Crippen LogP contribution in [0.15, 0.2) is 59.5 Å². The van der Waals surface area contributed by atoms with Gasteiger partial charge in [0.2, 0.25) is 0 Å². The highest BCUT2D eigenvalue weighted by Crippen LogP contribution is 2.43. The molecular formula is C24H19Cl2NO4S. The van der Waals surface area contributed by atoms with Gasteiger partial charge in [-0.05, 0) is 41.6 Å². The molecule has 164 valence electrons. The van der Waals surface area contributed by atoms with E-state index >= 15 is 0 Å². The van der Waals surface area contributed by atoms with Crippen LogP contribution >= 0.6 is 34.5 Å². The molecular weight excluding hydrogens is 469 g/mol. The average molecular weight is 488 g/mol. The van der Waals surface area contributed by atoms with Gasteiger partial charge in [0.1, 0.15) is 5.76 Å². The number of benzene rings is 2. The van der Waals surface area contributed by atoms with E-state index in [0.717, 1.165) is 16.0 Å². The van der Waals surface area contributed by atoms with Gasteiger partial charge in [-0.2, -0.15) is 0 Å². The largest absolute Gasteiger partial charge is 0.507 e. The van der Waals surface area contributed by atoms with Crippen LogP contribution in [-0.4, -0.2) is 28.8 Å². The molecule has 1 aliphatic rings. The lowest BCUT2D eigenvalue weighted by atomic mass is 9.92. The van der Waals surface area contributed by atoms with E-state index < -0.39 is 17.7 Å². The number of amides is 1. The molecule has 1 aromatic heterocycles. The number of rotatable bonds is 5. The standard InChI is InChI=1S/C24H19Cl2NO4S/c1-13-6-3-4-8-16(13)20-19(21(28)14-10-17(25)23(31-2)18(26)11-14)22(29)24(30)27(20)12-15-7-5-9-32-15/h3-11,20,28H,12H2,1-2H3/b21-19+. The number of likely N-dealkylation sites (tertiary alicyclic amines) is 1. The first-order chi connectivity index (χ1) is 15.3. The Bertz CT molecular complexity index is 1210. The summed E-state index contributed by atoms with van der Waals surface area (Å²) in [6.45, 7) is 2.16. The number of methoxy groups -OCH3 is 1. The van der Waals surface area contributed by atoms with E-state index in [2.05, 4.69) is 0 Å². The Hall–Kier alpha value is -2.80. The number of carbonyl (C=O) groups is 2. The van der Waals surface area contributed by atoms with E-state index in [0.29, 0.717) is 0 Å². The summed E-state index contributed by atoms with van der Waals surface area (Å²) < 4.78 is 5.17. The van der Waals surface area contributed by atoms with Gasteiger partial charge in [0, 0.05) is 10.4 Å². The highest BCUT2D eigenvalue weighted by atomic mass is 35.5. The summed E-state index contributed by atoms with van der Waals surface area (Å²) in [5.74, 6) is -1.50. The van der Waals surface area contributed by atoms with Crippen LogP contribution in [0, 0.1) is 6.92 Å². The Kier molecular flexibility index (Phi) is 6.29. The smallest absolute Gasteiger partial charge is 0.295 e. The summed E-state index contributed by atoms with van der Waals surface area (Å²) >= 11 is 14.0. The summed E-state index contributed by atoms with van der Waals surface area (Å²) in [5, 5.41) is 13.5. The second-order valence-electron chi connectivity index (χ2n) is 7.34. The molecule has 4 rings (SSSR count). The molecule has 1 aliphatic heterocycles. The predicted molar refractivity (Wildman–Crippen MR) is 126 cm³/mol. The molecule has 1 fully saturated rings. The van der Waals surface area contributed by atoms with Crippen LogP contribution in [0.25, 0.3) is 5.76 Å². The van der Waals surface area contributed by atoms with Gasteiger partial charge in [0.05, 0.1) is 35.3 Å². The Balaban J connectivity index is 1.91. The number of Topliss-reactive ketones (excluding diaryl/α,β-unsaturated/α-hetero) is 1. The lowest BCUT2D eigenvalue weighted by Gasteiger charge is -2.26. The first kappa shape index (κ1) is 22.4. The Labute approximate surface area is 199 Å². The fourth-order valence-corrected chi connectivity index (χ4v) is 5.22. The van der Waals surface area contributed by atoms with Crippen molar-refractivity contribution in [2.75, 3.05) is 7.11 Å². The van der Waals surface area contributed by atoms with Gasteiger partial charge in [-0.15, -0.1) is 11.3 Å². The normalized spacial score (nSPS) is 17.8. The summed E-state index contributed by atoms with van der Waals surface area (Å²) in [6, 6.07) is 13.4. The molecule has 0 radical (unpaired) electrons. The maximum atomic E-state index is 13.2. The van der Waals surface area contributed by atoms with Crippen molar-refractivity contribution in [1.29, 1.82) is 0 Å². The molecule has 2 heterocycles. The van der Waals surface area contributed by atoms with Crippen LogP contribution in [-0.2, 0) is 16.1 Å². The third-order valence-electron chi connectivity index (χ3n) is 5.41. The Morgan fingerprint density at radius 3 is 2.41 bits per heavy atom. The van der Waals surface area contributed by atoms with Gasteiger partial charge in [-0.25, -0.2) is 0 Å². The van der Waals surface area contributed by atoms with Gasteiger partial charge in [-0.3, -0.25) is 9.59 Å². The molecule has 3 aromatic rings. The molecule has 8 heteroatoms. The number of nitrogens with zero attached hydrogens (tertiary/aromatic N) is 1. The summed E-state index contributed by atoms with van der Waals surface area (Å²) in [5.41, 5.74) is 1.88. The monoisotopic (exact) mass is 487 g/mol. The lowest BCUT2D eigenvalue weighted by Crippen LogP contribution is -2.29. The SMILES string of the molecule is COc1c(Cl)cc(/C(O)=C2\C(=O)C(=O)N(Cc3cccs3)C2c2ccccc2C)cc1Cl. The maximum absolute atomic E-state index is 13.2. The first-order valence-corrected chi connectivity index (χ1v) is 11.4. The summed E-state index contributed by atoms with van der Waals surface area (Å²) in [7, 11) is 1.43. The second-order valence-corrected chi connectivity index (χ2v) is 9.18. The highest BCUT2D eigenvalue weighted by molar-refractivity contribution is 7.09. The molecule has 1 unspecified atom stereocenters. The minimum absolute atomic E-state index is 0.00171. The summed E-state index contributed by atoms with van der Waals surface area (Å²) in [6.07, 6.45) is 0. The number of halogens is 2. The van der Waals surface area contributed by atoms with Crippen molar-refractivity contribution in [2.45, 2.75) is 19.5 Å². The molecule has 0 spiro atoms. The van der Waals surface area contributed by atoms with Crippen molar-refractivity contribution in [3.8, 4) is 5.75 Å². The Morgan fingerprint density at radius 2 is 1.81 bits per heavy atom. The highest BCUT2D eigenvalue weighted by Gasteiger charge is 2.46. The number of aliphatic hydroxyl groups is 1. The van der Waals surface area contributed by atoms with Crippen LogP contribution in [0.1, 0.15) is 27.6 Å². The van der Waals surface area contributed by atoms with E-state index in [9.17, 15) is 14.7 Å². The molecule has 32 heavy (non-hydrogen) atoms. The van der Waals surface area contributed by atoms with Crippen LogP contribution in [0.5, 0.6) is 5.75 Å². The number of thiophene rings is 1. The number of hydrogen-bond donors (Lipinski definition) is 1. The number of ether oxygens (including phenoxy) is 1. The number of aryl methyl sites for hydroxylation is 1. The van der Waals surface area contributed by atoms with Crippen molar-refractivity contribution in [1.82, 2.24) is 4.90 Å². The van der Waals surface area contributed by atoms with E-state index in [1.54, 1.807) is 0 Å². The molecule has 0 bridgehead atoms. The van der Waals surface area contributed by atoms with Crippen molar-refractivity contribution in [3.63, 3.8) is 0 Å². The quantitative estimate of drug-likeness (QED) is 0.272. The van der Waals surface area contributed by atoms with Gasteiger partial charge >= 0.3 is 0 Å². The molecule has 1 N–H and O–H groups in total. The van der Waals surface area contributed by atoms with Crippen molar-refractivity contribution in [3.05, 3.63) is 91.1 Å². The van der Waals surface area contributed by atoms with E-state index in [1.165, 1.54) is 35.5 Å². The fourth-order valence-electron chi connectivity index (χ4n) is 3.88. The lowest BCUT2D eigenvalue weighted by molar-refractivity contribution is -0.140. The zero-order valence-electron chi connectivity index (χ0n) is 17.3. The molecule has 1 atom stereocenters. The predicted octanol–water partition coefficient (Wildman–Crippen LogP) is 5.99. The van der Waals surface area contributed by atoms with E-state index in [4.69, 9.17) is 27.9 Å². The van der Waals surface area contributed by atoms with Gasteiger partial charge in [0.25, 0.3) is 11.7 Å². The molecule has 5 nitrogen and oxygen atoms in total. The van der Waals surface area contributed by atoms with Crippen molar-refractivity contribution in [2.24, 2.45) is 0 Å². The molecule has 0 aliphatic carbocycles. The van der Waals surface area contributed by atoms with E-state index in [1.807, 2.05) is 48.7 Å². The van der Waals surface area contributed by atoms with Gasteiger partial charge in [0.15, 0.2) is 5.75 Å². The van der Waals surface area contributed by atoms with Crippen LogP contribution in [0.4, 0.5) is 0 Å². The minimum Gasteiger partial charge on any atom is -0.507 e. The number of carbonyl (C=O) groups excluding carboxylic acids is 2. The molecule has 2 aromatic carbocycles. The fraction of sp³-hybridized carbons (Fsp3) is 0.167.